The number of nitrogens with two attached hydrogens (primary N) is 1. The van der Waals surface area contributed by atoms with Crippen LogP contribution < -0.4 is 16.0 Å². The van der Waals surface area contributed by atoms with Crippen molar-refractivity contribution in [2.24, 2.45) is 5.73 Å². The van der Waals surface area contributed by atoms with E-state index in [0.717, 1.165) is 35.3 Å². The molecule has 1 heterocycles. The van der Waals surface area contributed by atoms with Gasteiger partial charge in [0.1, 0.15) is 0 Å². The van der Waals surface area contributed by atoms with Gasteiger partial charge >= 0.3 is 0 Å². The van der Waals surface area contributed by atoms with Crippen molar-refractivity contribution in [2.45, 2.75) is 32.7 Å². The van der Waals surface area contributed by atoms with Crippen molar-refractivity contribution >= 4 is 23.2 Å². The van der Waals surface area contributed by atoms with Crippen LogP contribution in [-0.2, 0) is 11.2 Å². The van der Waals surface area contributed by atoms with Gasteiger partial charge in [0, 0.05) is 36.4 Å². The van der Waals surface area contributed by atoms with Crippen molar-refractivity contribution < 1.29 is 9.59 Å². The summed E-state index contributed by atoms with van der Waals surface area (Å²) in [6.07, 6.45) is 1.71. The van der Waals surface area contributed by atoms with Gasteiger partial charge in [0.15, 0.2) is 0 Å². The Balaban J connectivity index is 1.92. The van der Waals surface area contributed by atoms with Crippen LogP contribution in [0.3, 0.4) is 0 Å². The fourth-order valence-electron chi connectivity index (χ4n) is 3.23. The third-order valence-electron chi connectivity index (χ3n) is 4.49. The second-order valence-electron chi connectivity index (χ2n) is 6.46. The highest BCUT2D eigenvalue weighted by atomic mass is 16.2. The number of rotatable bonds is 3. The van der Waals surface area contributed by atoms with Crippen molar-refractivity contribution in [1.29, 1.82) is 0 Å². The summed E-state index contributed by atoms with van der Waals surface area (Å²) in [5.41, 5.74) is 10.2. The average molecular weight is 337 g/mol. The SMILES string of the molecule is CC(=O)Nc1cccc2c1CCCN2C(=O)c1ccc(C(C)N)cc1. The van der Waals surface area contributed by atoms with Gasteiger partial charge in [-0.3, -0.25) is 9.59 Å². The zero-order valence-corrected chi connectivity index (χ0v) is 14.6. The van der Waals surface area contributed by atoms with E-state index in [1.165, 1.54) is 6.92 Å². The molecule has 0 aliphatic carbocycles. The first-order chi connectivity index (χ1) is 12.0. The minimum absolute atomic E-state index is 0.0304. The lowest BCUT2D eigenvalue weighted by molar-refractivity contribution is -0.114. The summed E-state index contributed by atoms with van der Waals surface area (Å²) < 4.78 is 0. The molecule has 1 atom stereocenters. The third-order valence-corrected chi connectivity index (χ3v) is 4.49. The minimum Gasteiger partial charge on any atom is -0.326 e. The molecule has 1 aliphatic heterocycles. The van der Waals surface area contributed by atoms with Gasteiger partial charge in [-0.1, -0.05) is 18.2 Å². The van der Waals surface area contributed by atoms with Crippen LogP contribution in [0.2, 0.25) is 0 Å². The molecule has 25 heavy (non-hydrogen) atoms. The van der Waals surface area contributed by atoms with Crippen molar-refractivity contribution in [3.8, 4) is 0 Å². The van der Waals surface area contributed by atoms with Gasteiger partial charge in [0.05, 0.1) is 0 Å². The predicted octanol–water partition coefficient (Wildman–Crippen LogP) is 3.26. The van der Waals surface area contributed by atoms with Gasteiger partial charge in [-0.25, -0.2) is 0 Å². The van der Waals surface area contributed by atoms with Gasteiger partial charge < -0.3 is 16.0 Å². The quantitative estimate of drug-likeness (QED) is 0.902. The molecule has 3 rings (SSSR count). The largest absolute Gasteiger partial charge is 0.326 e. The molecule has 0 bridgehead atoms. The maximum Gasteiger partial charge on any atom is 0.258 e. The van der Waals surface area contributed by atoms with E-state index in [1.807, 2.05) is 49.4 Å². The molecule has 5 heteroatoms. The Morgan fingerprint density at radius 1 is 1.16 bits per heavy atom. The number of hydrogen-bond acceptors (Lipinski definition) is 3. The molecule has 0 saturated heterocycles. The van der Waals surface area contributed by atoms with Crippen molar-refractivity contribution in [3.63, 3.8) is 0 Å². The molecule has 2 aromatic rings. The highest BCUT2D eigenvalue weighted by Gasteiger charge is 2.25. The third kappa shape index (κ3) is 3.56. The number of carbonyl (C=O) groups excluding carboxylic acids is 2. The molecule has 0 spiro atoms. The number of nitrogens with zero attached hydrogens (tertiary/aromatic N) is 1. The first-order valence-electron chi connectivity index (χ1n) is 8.54. The zero-order chi connectivity index (χ0) is 18.0. The van der Waals surface area contributed by atoms with E-state index in [0.29, 0.717) is 12.1 Å². The lowest BCUT2D eigenvalue weighted by atomic mass is 9.98. The predicted molar refractivity (Wildman–Crippen MR) is 99.8 cm³/mol. The van der Waals surface area contributed by atoms with Crippen molar-refractivity contribution in [2.75, 3.05) is 16.8 Å². The first kappa shape index (κ1) is 17.2. The summed E-state index contributed by atoms with van der Waals surface area (Å²) in [4.78, 5) is 26.2. The van der Waals surface area contributed by atoms with Crippen LogP contribution in [0.25, 0.3) is 0 Å². The highest BCUT2D eigenvalue weighted by Crippen LogP contribution is 2.33. The second kappa shape index (κ2) is 7.07. The number of amides is 2. The van der Waals surface area contributed by atoms with Gasteiger partial charge in [-0.05, 0) is 55.2 Å². The first-order valence-corrected chi connectivity index (χ1v) is 8.54. The fraction of sp³-hybridized carbons (Fsp3) is 0.300. The maximum atomic E-state index is 13.0. The van der Waals surface area contributed by atoms with Crippen molar-refractivity contribution in [3.05, 3.63) is 59.2 Å². The molecule has 1 aliphatic rings. The number of anilines is 2. The standard InChI is InChI=1S/C20H23N3O2/c1-13(21)15-8-10-16(11-9-15)20(25)23-12-4-5-17-18(22-14(2)24)6-3-7-19(17)23/h3,6-11,13H,4-5,12,21H2,1-2H3,(H,22,24). The molecule has 0 saturated carbocycles. The van der Waals surface area contributed by atoms with Crippen LogP contribution >= 0.6 is 0 Å². The Hall–Kier alpha value is -2.66. The number of hydrogen-bond donors (Lipinski definition) is 2. The number of fused-ring (bicyclic) bond motifs is 1. The van der Waals surface area contributed by atoms with E-state index >= 15 is 0 Å². The molecular formula is C20H23N3O2. The average Bonchev–Trinajstić information content (AvgIpc) is 2.60. The van der Waals surface area contributed by atoms with E-state index < -0.39 is 0 Å². The zero-order valence-electron chi connectivity index (χ0n) is 14.6. The number of benzene rings is 2. The molecule has 5 nitrogen and oxygen atoms in total. The lowest BCUT2D eigenvalue weighted by Crippen LogP contribution is -2.35. The Morgan fingerprint density at radius 3 is 2.52 bits per heavy atom. The van der Waals surface area contributed by atoms with E-state index in [9.17, 15) is 9.59 Å². The molecule has 2 amide bonds. The van der Waals surface area contributed by atoms with E-state index in [4.69, 9.17) is 5.73 Å². The van der Waals surface area contributed by atoms with Gasteiger partial charge in [0.25, 0.3) is 5.91 Å². The summed E-state index contributed by atoms with van der Waals surface area (Å²) >= 11 is 0. The minimum atomic E-state index is -0.108. The molecular weight excluding hydrogens is 314 g/mol. The Morgan fingerprint density at radius 2 is 1.88 bits per heavy atom. The normalized spacial score (nSPS) is 14.6. The van der Waals surface area contributed by atoms with Crippen LogP contribution in [0.5, 0.6) is 0 Å². The van der Waals surface area contributed by atoms with Gasteiger partial charge in [-0.2, -0.15) is 0 Å². The monoisotopic (exact) mass is 337 g/mol. The van der Waals surface area contributed by atoms with E-state index in [1.54, 1.807) is 4.90 Å². The molecule has 0 radical (unpaired) electrons. The van der Waals surface area contributed by atoms with E-state index in [2.05, 4.69) is 5.32 Å². The Labute approximate surface area is 147 Å². The summed E-state index contributed by atoms with van der Waals surface area (Å²) in [7, 11) is 0. The van der Waals surface area contributed by atoms with Crippen molar-refractivity contribution in [1.82, 2.24) is 0 Å². The summed E-state index contributed by atoms with van der Waals surface area (Å²) in [6, 6.07) is 13.1. The molecule has 1 unspecified atom stereocenters. The van der Waals surface area contributed by atoms with Crippen LogP contribution in [0, 0.1) is 0 Å². The molecule has 130 valence electrons. The van der Waals surface area contributed by atoms with E-state index in [-0.39, 0.29) is 17.9 Å². The van der Waals surface area contributed by atoms with Crippen LogP contribution in [-0.4, -0.2) is 18.4 Å². The number of nitrogens with one attached hydrogen (secondary N) is 1. The van der Waals surface area contributed by atoms with Gasteiger partial charge in [-0.15, -0.1) is 0 Å². The number of carbonyl (C=O) groups is 2. The van der Waals surface area contributed by atoms with Crippen LogP contribution in [0.4, 0.5) is 11.4 Å². The molecule has 2 aromatic carbocycles. The highest BCUT2D eigenvalue weighted by molar-refractivity contribution is 6.07. The van der Waals surface area contributed by atoms with Crippen LogP contribution in [0.15, 0.2) is 42.5 Å². The maximum absolute atomic E-state index is 13.0. The Kier molecular flexibility index (Phi) is 4.86. The lowest BCUT2D eigenvalue weighted by Gasteiger charge is -2.31. The summed E-state index contributed by atoms with van der Waals surface area (Å²) in [5.74, 6) is -0.138. The topological polar surface area (TPSA) is 75.4 Å². The van der Waals surface area contributed by atoms with Gasteiger partial charge in [0.2, 0.25) is 5.91 Å². The summed E-state index contributed by atoms with van der Waals surface area (Å²) in [5, 5.41) is 2.86. The van der Waals surface area contributed by atoms with Crippen LogP contribution in [0.1, 0.15) is 47.8 Å². The smallest absolute Gasteiger partial charge is 0.258 e. The molecule has 3 N–H and O–H groups in total. The summed E-state index contributed by atoms with van der Waals surface area (Å²) in [6.45, 7) is 4.08. The molecule has 0 aromatic heterocycles. The second-order valence-corrected chi connectivity index (χ2v) is 6.46. The molecule has 0 fully saturated rings. The fourth-order valence-corrected chi connectivity index (χ4v) is 3.23. The Bertz CT molecular complexity index is 797.